The minimum absolute atomic E-state index is 0.0741. The van der Waals surface area contributed by atoms with Crippen LogP contribution in [-0.4, -0.2) is 26.4 Å². The standard InChI is InChI=1S/C23H28N4O/c1-15-6-5-9-18-17(12-24-21(15)18)13-27-11-10-20-19(14-27)23(28)26-22(25-20)16-7-3-2-4-8-16/h5-6,9,12,16,24H,2-4,7-8,10-11,13-14H2,1H3,(H,25,26,28). The highest BCUT2D eigenvalue weighted by molar-refractivity contribution is 5.85. The van der Waals surface area contributed by atoms with Gasteiger partial charge in [-0.25, -0.2) is 4.98 Å². The van der Waals surface area contributed by atoms with E-state index in [1.807, 2.05) is 0 Å². The number of para-hydroxylation sites is 1. The molecule has 1 aromatic carbocycles. The van der Waals surface area contributed by atoms with Gasteiger partial charge in [-0.05, 0) is 30.9 Å². The SMILES string of the molecule is Cc1cccc2c(CN3CCc4nc(C5CCCCC5)[nH]c(=O)c4C3)c[nH]c12. The van der Waals surface area contributed by atoms with E-state index in [-0.39, 0.29) is 5.56 Å². The molecular weight excluding hydrogens is 348 g/mol. The lowest BCUT2D eigenvalue weighted by Crippen LogP contribution is -2.36. The van der Waals surface area contributed by atoms with E-state index in [1.54, 1.807) is 0 Å². The van der Waals surface area contributed by atoms with Crippen LogP contribution >= 0.6 is 0 Å². The summed E-state index contributed by atoms with van der Waals surface area (Å²) < 4.78 is 0. The normalized spacial score (nSPS) is 18.5. The van der Waals surface area contributed by atoms with E-state index >= 15 is 0 Å². The highest BCUT2D eigenvalue weighted by atomic mass is 16.1. The van der Waals surface area contributed by atoms with Crippen LogP contribution in [0.3, 0.4) is 0 Å². The van der Waals surface area contributed by atoms with Gasteiger partial charge in [-0.3, -0.25) is 9.69 Å². The summed E-state index contributed by atoms with van der Waals surface area (Å²) in [4.78, 5) is 26.6. The molecule has 0 atom stereocenters. The Kier molecular flexibility index (Phi) is 4.55. The molecule has 5 rings (SSSR count). The number of hydrogen-bond acceptors (Lipinski definition) is 3. The minimum Gasteiger partial charge on any atom is -0.361 e. The second-order valence-corrected chi connectivity index (χ2v) is 8.48. The third-order valence-corrected chi connectivity index (χ3v) is 6.56. The zero-order valence-corrected chi connectivity index (χ0v) is 16.6. The highest BCUT2D eigenvalue weighted by Gasteiger charge is 2.25. The van der Waals surface area contributed by atoms with Crippen LogP contribution in [0.4, 0.5) is 0 Å². The fourth-order valence-corrected chi connectivity index (χ4v) is 4.94. The van der Waals surface area contributed by atoms with E-state index < -0.39 is 0 Å². The second kappa shape index (κ2) is 7.21. The number of rotatable bonds is 3. The number of hydrogen-bond donors (Lipinski definition) is 2. The maximum Gasteiger partial charge on any atom is 0.255 e. The zero-order chi connectivity index (χ0) is 19.1. The molecule has 28 heavy (non-hydrogen) atoms. The fraction of sp³-hybridized carbons (Fsp3) is 0.478. The number of nitrogens with zero attached hydrogens (tertiary/aromatic N) is 2. The van der Waals surface area contributed by atoms with Gasteiger partial charge < -0.3 is 9.97 Å². The summed E-state index contributed by atoms with van der Waals surface area (Å²) >= 11 is 0. The molecule has 0 spiro atoms. The molecule has 0 bridgehead atoms. The Morgan fingerprint density at radius 2 is 2.07 bits per heavy atom. The van der Waals surface area contributed by atoms with E-state index in [9.17, 15) is 4.79 Å². The molecule has 2 N–H and O–H groups in total. The van der Waals surface area contributed by atoms with Gasteiger partial charge in [0.05, 0.1) is 11.3 Å². The summed E-state index contributed by atoms with van der Waals surface area (Å²) in [6, 6.07) is 6.42. The Labute approximate surface area is 165 Å². The molecule has 0 unspecified atom stereocenters. The van der Waals surface area contributed by atoms with E-state index in [0.29, 0.717) is 12.5 Å². The van der Waals surface area contributed by atoms with E-state index in [0.717, 1.165) is 49.4 Å². The average Bonchev–Trinajstić information content (AvgIpc) is 3.13. The first-order chi connectivity index (χ1) is 13.7. The first-order valence-corrected chi connectivity index (χ1v) is 10.6. The zero-order valence-electron chi connectivity index (χ0n) is 16.6. The lowest BCUT2D eigenvalue weighted by Gasteiger charge is -2.28. The molecule has 5 nitrogen and oxygen atoms in total. The number of aromatic nitrogens is 3. The Morgan fingerprint density at radius 3 is 2.93 bits per heavy atom. The molecule has 0 saturated heterocycles. The molecule has 0 amide bonds. The van der Waals surface area contributed by atoms with Crippen molar-refractivity contribution in [2.45, 2.75) is 64.5 Å². The van der Waals surface area contributed by atoms with Crippen LogP contribution in [0.25, 0.3) is 10.9 Å². The first kappa shape index (κ1) is 17.7. The van der Waals surface area contributed by atoms with Crippen molar-refractivity contribution >= 4 is 10.9 Å². The monoisotopic (exact) mass is 376 g/mol. The van der Waals surface area contributed by atoms with Gasteiger partial charge in [0, 0.05) is 49.1 Å². The van der Waals surface area contributed by atoms with Crippen LogP contribution in [0.5, 0.6) is 0 Å². The summed E-state index contributed by atoms with van der Waals surface area (Å²) in [6.07, 6.45) is 9.12. The maximum atomic E-state index is 12.8. The van der Waals surface area contributed by atoms with Crippen molar-refractivity contribution < 1.29 is 0 Å². The fourth-order valence-electron chi connectivity index (χ4n) is 4.94. The van der Waals surface area contributed by atoms with Crippen LogP contribution in [0.2, 0.25) is 0 Å². The van der Waals surface area contributed by atoms with Gasteiger partial charge >= 0.3 is 0 Å². The molecule has 1 saturated carbocycles. The van der Waals surface area contributed by atoms with Crippen LogP contribution in [0.1, 0.15) is 66.2 Å². The molecule has 3 heterocycles. The van der Waals surface area contributed by atoms with Gasteiger partial charge in [-0.1, -0.05) is 37.5 Å². The van der Waals surface area contributed by atoms with Gasteiger partial charge in [0.1, 0.15) is 5.82 Å². The number of fused-ring (bicyclic) bond motifs is 2. The lowest BCUT2D eigenvalue weighted by atomic mass is 9.88. The quantitative estimate of drug-likeness (QED) is 0.721. The van der Waals surface area contributed by atoms with E-state index in [2.05, 4.69) is 46.2 Å². The Hall–Kier alpha value is -2.40. The van der Waals surface area contributed by atoms with Gasteiger partial charge in [0.25, 0.3) is 5.56 Å². The largest absolute Gasteiger partial charge is 0.361 e. The topological polar surface area (TPSA) is 64.8 Å². The number of aromatic amines is 2. The molecule has 3 aromatic rings. The molecule has 0 radical (unpaired) electrons. The van der Waals surface area contributed by atoms with Gasteiger partial charge in [-0.15, -0.1) is 0 Å². The summed E-state index contributed by atoms with van der Waals surface area (Å²) in [6.45, 7) is 4.62. The maximum absolute atomic E-state index is 12.8. The van der Waals surface area contributed by atoms with Crippen LogP contribution < -0.4 is 5.56 Å². The van der Waals surface area contributed by atoms with Crippen molar-refractivity contribution in [2.24, 2.45) is 0 Å². The Morgan fingerprint density at radius 1 is 1.21 bits per heavy atom. The van der Waals surface area contributed by atoms with Crippen LogP contribution in [0.15, 0.2) is 29.2 Å². The first-order valence-electron chi connectivity index (χ1n) is 10.6. The van der Waals surface area contributed by atoms with Crippen LogP contribution in [-0.2, 0) is 19.5 Å². The molecule has 1 aliphatic carbocycles. The number of aryl methyl sites for hydroxylation is 1. The molecular formula is C23H28N4O. The molecule has 2 aliphatic rings. The van der Waals surface area contributed by atoms with Crippen molar-refractivity contribution in [2.75, 3.05) is 6.54 Å². The van der Waals surface area contributed by atoms with Crippen molar-refractivity contribution in [1.29, 1.82) is 0 Å². The van der Waals surface area contributed by atoms with Crippen molar-refractivity contribution in [1.82, 2.24) is 19.9 Å². The predicted octanol–water partition coefficient (Wildman–Crippen LogP) is 4.17. The Bertz CT molecular complexity index is 1060. The highest BCUT2D eigenvalue weighted by Crippen LogP contribution is 2.31. The molecule has 1 aliphatic heterocycles. The predicted molar refractivity (Wildman–Crippen MR) is 112 cm³/mol. The smallest absolute Gasteiger partial charge is 0.255 e. The molecule has 1 fully saturated rings. The lowest BCUT2D eigenvalue weighted by molar-refractivity contribution is 0.242. The molecule has 146 valence electrons. The van der Waals surface area contributed by atoms with E-state index in [4.69, 9.17) is 4.98 Å². The van der Waals surface area contributed by atoms with E-state index in [1.165, 1.54) is 41.3 Å². The summed E-state index contributed by atoms with van der Waals surface area (Å²) in [5.41, 5.74) is 5.74. The second-order valence-electron chi connectivity index (χ2n) is 8.48. The van der Waals surface area contributed by atoms with Gasteiger partial charge in [-0.2, -0.15) is 0 Å². The Balaban J connectivity index is 1.37. The third-order valence-electron chi connectivity index (χ3n) is 6.56. The molecule has 5 heteroatoms. The third kappa shape index (κ3) is 3.18. The number of benzene rings is 1. The summed E-state index contributed by atoms with van der Waals surface area (Å²) in [5.74, 6) is 1.38. The minimum atomic E-state index is 0.0741. The molecule has 2 aromatic heterocycles. The summed E-state index contributed by atoms with van der Waals surface area (Å²) in [7, 11) is 0. The van der Waals surface area contributed by atoms with Crippen molar-refractivity contribution in [3.8, 4) is 0 Å². The average molecular weight is 377 g/mol. The summed E-state index contributed by atoms with van der Waals surface area (Å²) in [5, 5.41) is 1.28. The van der Waals surface area contributed by atoms with Crippen LogP contribution in [0, 0.1) is 6.92 Å². The number of nitrogens with one attached hydrogen (secondary N) is 2. The van der Waals surface area contributed by atoms with Crippen molar-refractivity contribution in [3.63, 3.8) is 0 Å². The number of H-pyrrole nitrogens is 2. The van der Waals surface area contributed by atoms with Gasteiger partial charge in [0.2, 0.25) is 0 Å². The van der Waals surface area contributed by atoms with Gasteiger partial charge in [0.15, 0.2) is 0 Å². The van der Waals surface area contributed by atoms with Crippen molar-refractivity contribution in [3.05, 3.63) is 63.0 Å².